The third kappa shape index (κ3) is 4.77. The van der Waals surface area contributed by atoms with Crippen molar-refractivity contribution >= 4 is 18.2 Å². The van der Waals surface area contributed by atoms with Crippen LogP contribution in [0.1, 0.15) is 27.7 Å². The van der Waals surface area contributed by atoms with Gasteiger partial charge in [-0.15, -0.1) is 0 Å². The molecule has 0 amide bonds. The van der Waals surface area contributed by atoms with E-state index < -0.39 is 18.2 Å². The summed E-state index contributed by atoms with van der Waals surface area (Å²) in [5, 5.41) is 11.1. The average molecular weight is 397 g/mol. The summed E-state index contributed by atoms with van der Waals surface area (Å²) in [6, 6.07) is 8.99. The molecule has 0 spiro atoms. The smallest absolute Gasteiger partial charge is 0.272 e. The lowest BCUT2D eigenvalue weighted by molar-refractivity contribution is 0.248. The Kier molecular flexibility index (Phi) is 6.04. The molecule has 144 valence electrons. The van der Waals surface area contributed by atoms with Crippen molar-refractivity contribution in [3.8, 4) is 5.69 Å². The Morgan fingerprint density at radius 1 is 1.19 bits per heavy atom. The first-order valence-electron chi connectivity index (χ1n) is 8.64. The maximum Gasteiger partial charge on any atom is 0.272 e. The summed E-state index contributed by atoms with van der Waals surface area (Å²) in [6.07, 6.45) is 0. The zero-order valence-electron chi connectivity index (χ0n) is 16.3. The molecule has 0 bridgehead atoms. The molecule has 1 atom stereocenters. The minimum absolute atomic E-state index is 0.0607. The summed E-state index contributed by atoms with van der Waals surface area (Å²) < 4.78 is 33.0. The van der Waals surface area contributed by atoms with Crippen molar-refractivity contribution in [2.45, 2.75) is 51.0 Å². The number of hydrogen-bond donors (Lipinski definition) is 0. The predicted molar refractivity (Wildman–Crippen MR) is 104 cm³/mol. The van der Waals surface area contributed by atoms with Crippen molar-refractivity contribution in [1.82, 2.24) is 20.2 Å². The molecule has 1 aromatic carbocycles. The second-order valence-electron chi connectivity index (χ2n) is 8.17. The van der Waals surface area contributed by atoms with E-state index in [2.05, 4.69) is 49.4 Å². The highest BCUT2D eigenvalue weighted by Crippen LogP contribution is 2.36. The number of nitrogens with zero attached hydrogens (tertiary/aromatic N) is 4. The van der Waals surface area contributed by atoms with Crippen molar-refractivity contribution < 1.29 is 12.8 Å². The Morgan fingerprint density at radius 3 is 2.38 bits per heavy atom. The van der Waals surface area contributed by atoms with E-state index in [0.29, 0.717) is 12.3 Å². The molecule has 0 aliphatic heterocycles. The summed E-state index contributed by atoms with van der Waals surface area (Å²) in [6.45, 7) is 13.1. The van der Waals surface area contributed by atoms with Gasteiger partial charge in [-0.05, 0) is 46.6 Å². The molecule has 1 aromatic heterocycles. The van der Waals surface area contributed by atoms with Gasteiger partial charge in [0.25, 0.3) is 5.16 Å². The molecule has 0 aliphatic rings. The normalized spacial score (nSPS) is 14.4. The maximum absolute atomic E-state index is 12.8. The number of aromatic nitrogens is 4. The minimum atomic E-state index is -3.64. The second kappa shape index (κ2) is 7.57. The zero-order chi connectivity index (χ0) is 19.6. The number of rotatable bonds is 7. The minimum Gasteiger partial charge on any atom is -0.417 e. The molecule has 0 radical (unpaired) electrons. The lowest BCUT2D eigenvalue weighted by Crippen LogP contribution is -2.42. The van der Waals surface area contributed by atoms with Gasteiger partial charge in [0, 0.05) is 6.61 Å². The fourth-order valence-electron chi connectivity index (χ4n) is 2.17. The van der Waals surface area contributed by atoms with Crippen molar-refractivity contribution in [1.29, 1.82) is 0 Å². The second-order valence-corrected chi connectivity index (χ2v) is 14.9. The van der Waals surface area contributed by atoms with Crippen LogP contribution in [0.25, 0.3) is 5.69 Å². The summed E-state index contributed by atoms with van der Waals surface area (Å²) >= 11 is 0. The SMILES string of the molecule is CC(CO[Si](C)(C)C(C)(C)C)CS(=O)(=O)c1nnnn1-c1ccccc1. The van der Waals surface area contributed by atoms with Crippen LogP contribution in [0, 0.1) is 5.92 Å². The molecule has 2 rings (SSSR count). The van der Waals surface area contributed by atoms with E-state index in [1.54, 1.807) is 12.1 Å². The Morgan fingerprint density at radius 2 is 1.81 bits per heavy atom. The van der Waals surface area contributed by atoms with Crippen molar-refractivity contribution in [2.24, 2.45) is 5.92 Å². The van der Waals surface area contributed by atoms with Gasteiger partial charge in [0.1, 0.15) is 0 Å². The van der Waals surface area contributed by atoms with Crippen LogP contribution >= 0.6 is 0 Å². The standard InChI is InChI=1S/C17H28N4O3SSi/c1-14(12-24-26(5,6)17(2,3)4)13-25(22,23)16-18-19-20-21(16)15-10-8-7-9-11-15/h7-11,14H,12-13H2,1-6H3. The molecule has 0 saturated heterocycles. The summed E-state index contributed by atoms with van der Waals surface area (Å²) in [7, 11) is -5.55. The molecule has 1 heterocycles. The Hall–Kier alpha value is -1.58. The highest BCUT2D eigenvalue weighted by atomic mass is 32.2. The monoisotopic (exact) mass is 396 g/mol. The Bertz CT molecular complexity index is 829. The van der Waals surface area contributed by atoms with Gasteiger partial charge in [0.05, 0.1) is 11.4 Å². The third-order valence-electron chi connectivity index (χ3n) is 4.76. The molecule has 2 aromatic rings. The number of hydrogen-bond acceptors (Lipinski definition) is 6. The first-order chi connectivity index (χ1) is 11.9. The van der Waals surface area contributed by atoms with Crippen LogP contribution < -0.4 is 0 Å². The Balaban J connectivity index is 2.12. The maximum atomic E-state index is 12.8. The van der Waals surface area contributed by atoms with E-state index >= 15 is 0 Å². The van der Waals surface area contributed by atoms with Gasteiger partial charge in [-0.2, -0.15) is 4.68 Å². The number of para-hydroxylation sites is 1. The van der Waals surface area contributed by atoms with Crippen molar-refractivity contribution in [2.75, 3.05) is 12.4 Å². The highest BCUT2D eigenvalue weighted by molar-refractivity contribution is 7.91. The van der Waals surface area contributed by atoms with Crippen LogP contribution in [0.2, 0.25) is 18.1 Å². The number of tetrazole rings is 1. The van der Waals surface area contributed by atoms with E-state index in [1.807, 2.05) is 25.1 Å². The van der Waals surface area contributed by atoms with Crippen LogP contribution in [0.15, 0.2) is 35.5 Å². The lowest BCUT2D eigenvalue weighted by Gasteiger charge is -2.36. The quantitative estimate of drug-likeness (QED) is 0.668. The van der Waals surface area contributed by atoms with Gasteiger partial charge in [-0.1, -0.05) is 51.0 Å². The van der Waals surface area contributed by atoms with E-state index in [-0.39, 0.29) is 21.9 Å². The van der Waals surface area contributed by atoms with Crippen LogP contribution in [0.3, 0.4) is 0 Å². The Labute approximate surface area is 156 Å². The van der Waals surface area contributed by atoms with Crippen molar-refractivity contribution in [3.05, 3.63) is 30.3 Å². The van der Waals surface area contributed by atoms with Gasteiger partial charge in [-0.3, -0.25) is 0 Å². The first kappa shape index (κ1) is 20.7. The number of benzene rings is 1. The molecule has 0 aliphatic carbocycles. The fourth-order valence-corrected chi connectivity index (χ4v) is 4.86. The lowest BCUT2D eigenvalue weighted by atomic mass is 10.2. The van der Waals surface area contributed by atoms with E-state index in [1.165, 1.54) is 4.68 Å². The molecule has 0 fully saturated rings. The third-order valence-corrected chi connectivity index (χ3v) is 11.1. The van der Waals surface area contributed by atoms with Crippen LogP contribution in [-0.4, -0.2) is 49.3 Å². The largest absolute Gasteiger partial charge is 0.417 e. The first-order valence-corrected chi connectivity index (χ1v) is 13.2. The molecule has 1 unspecified atom stereocenters. The summed E-state index contributed by atoms with van der Waals surface area (Å²) in [5.74, 6) is -0.218. The highest BCUT2D eigenvalue weighted by Gasteiger charge is 2.37. The van der Waals surface area contributed by atoms with Crippen molar-refractivity contribution in [3.63, 3.8) is 0 Å². The van der Waals surface area contributed by atoms with Crippen LogP contribution in [0.5, 0.6) is 0 Å². The fraction of sp³-hybridized carbons (Fsp3) is 0.588. The van der Waals surface area contributed by atoms with Crippen LogP contribution in [-0.2, 0) is 14.3 Å². The van der Waals surface area contributed by atoms with Gasteiger partial charge < -0.3 is 4.43 Å². The molecule has 0 saturated carbocycles. The average Bonchev–Trinajstić information content (AvgIpc) is 3.03. The van der Waals surface area contributed by atoms with Gasteiger partial charge in [0.15, 0.2) is 8.32 Å². The van der Waals surface area contributed by atoms with E-state index in [0.717, 1.165) is 0 Å². The molecule has 9 heteroatoms. The molecular weight excluding hydrogens is 368 g/mol. The van der Waals surface area contributed by atoms with Gasteiger partial charge >= 0.3 is 0 Å². The van der Waals surface area contributed by atoms with Gasteiger partial charge in [-0.25, -0.2) is 8.42 Å². The zero-order valence-corrected chi connectivity index (χ0v) is 18.1. The number of sulfone groups is 1. The van der Waals surface area contributed by atoms with E-state index in [9.17, 15) is 8.42 Å². The van der Waals surface area contributed by atoms with Gasteiger partial charge in [0.2, 0.25) is 9.84 Å². The summed E-state index contributed by atoms with van der Waals surface area (Å²) in [5.41, 5.74) is 0.612. The molecule has 26 heavy (non-hydrogen) atoms. The van der Waals surface area contributed by atoms with E-state index in [4.69, 9.17) is 4.43 Å². The summed E-state index contributed by atoms with van der Waals surface area (Å²) in [4.78, 5) is 0. The predicted octanol–water partition coefficient (Wildman–Crippen LogP) is 3.09. The topological polar surface area (TPSA) is 87.0 Å². The molecule has 0 N–H and O–H groups in total. The molecule has 7 nitrogen and oxygen atoms in total. The molecular formula is C17H28N4O3SSi. The van der Waals surface area contributed by atoms with Crippen LogP contribution in [0.4, 0.5) is 0 Å².